The highest BCUT2D eigenvalue weighted by atomic mass is 32.1. The van der Waals surface area contributed by atoms with Crippen molar-refractivity contribution in [3.63, 3.8) is 0 Å². The maximum Gasteiger partial charge on any atom is 0.269 e. The van der Waals surface area contributed by atoms with Gasteiger partial charge in [-0.15, -0.1) is 11.3 Å². The van der Waals surface area contributed by atoms with E-state index in [0.717, 1.165) is 16.8 Å². The van der Waals surface area contributed by atoms with E-state index in [1.165, 1.54) is 16.0 Å². The number of thiophene rings is 1. The van der Waals surface area contributed by atoms with Gasteiger partial charge in [-0.2, -0.15) is 5.10 Å². The third-order valence-corrected chi connectivity index (χ3v) is 5.67. The number of pyridine rings is 1. The lowest BCUT2D eigenvalue weighted by Gasteiger charge is -2.21. The third kappa shape index (κ3) is 2.59. The van der Waals surface area contributed by atoms with Gasteiger partial charge in [0.25, 0.3) is 5.91 Å². The first-order valence-electron chi connectivity index (χ1n) is 8.91. The number of amides is 1. The molecule has 0 saturated carbocycles. The average molecular weight is 388 g/mol. The molecule has 0 atom stereocenters. The van der Waals surface area contributed by atoms with E-state index >= 15 is 0 Å². The Labute approximate surface area is 165 Å². The zero-order valence-electron chi connectivity index (χ0n) is 14.8. The number of hydrogen-bond acceptors (Lipinski definition) is 5. The molecule has 1 aliphatic heterocycles. The molecule has 28 heavy (non-hydrogen) atoms. The Morgan fingerprint density at radius 1 is 1.07 bits per heavy atom. The molecule has 4 aromatic rings. The zero-order chi connectivity index (χ0) is 19.1. The number of fused-ring (bicyclic) bond motifs is 3. The van der Waals surface area contributed by atoms with Crippen LogP contribution in [0, 0.1) is 0 Å². The number of aromatic hydroxyl groups is 1. The number of nitrogens with zero attached hydrogens (tertiary/aromatic N) is 4. The first kappa shape index (κ1) is 16.7. The summed E-state index contributed by atoms with van der Waals surface area (Å²) in [5.41, 5.74) is 2.90. The van der Waals surface area contributed by atoms with Crippen molar-refractivity contribution < 1.29 is 9.90 Å². The standard InChI is InChI=1S/C21H16N4O2S/c26-20-16-10-12-24(21(27)17-9-5-13-28-17)19-15(8-4-11-22-19)18(16)23-25(20)14-6-2-1-3-7-14/h1-9,11,13,26H,10,12H2. The first-order chi connectivity index (χ1) is 13.7. The van der Waals surface area contributed by atoms with Crippen molar-refractivity contribution in [3.8, 4) is 22.8 Å². The molecule has 4 heterocycles. The molecule has 1 aromatic carbocycles. The van der Waals surface area contributed by atoms with Crippen molar-refractivity contribution in [2.45, 2.75) is 6.42 Å². The van der Waals surface area contributed by atoms with Crippen molar-refractivity contribution >= 4 is 23.1 Å². The Hall–Kier alpha value is -3.45. The van der Waals surface area contributed by atoms with Crippen LogP contribution < -0.4 is 4.90 Å². The molecular formula is C21H16N4O2S. The van der Waals surface area contributed by atoms with Gasteiger partial charge in [0.15, 0.2) is 0 Å². The largest absolute Gasteiger partial charge is 0.493 e. The van der Waals surface area contributed by atoms with E-state index in [4.69, 9.17) is 0 Å². The molecule has 0 bridgehead atoms. The molecular weight excluding hydrogens is 372 g/mol. The molecule has 0 spiro atoms. The summed E-state index contributed by atoms with van der Waals surface area (Å²) in [5.74, 6) is 0.578. The number of carbonyl (C=O) groups excluding carboxylic acids is 1. The smallest absolute Gasteiger partial charge is 0.269 e. The van der Waals surface area contributed by atoms with Gasteiger partial charge in [0.1, 0.15) is 11.5 Å². The summed E-state index contributed by atoms with van der Waals surface area (Å²) in [6.45, 7) is 0.418. The molecule has 3 aromatic heterocycles. The molecule has 0 radical (unpaired) electrons. The monoisotopic (exact) mass is 388 g/mol. The van der Waals surface area contributed by atoms with E-state index < -0.39 is 0 Å². The summed E-state index contributed by atoms with van der Waals surface area (Å²) >= 11 is 1.41. The first-order valence-corrected chi connectivity index (χ1v) is 9.79. The normalized spacial score (nSPS) is 12.9. The highest BCUT2D eigenvalue weighted by molar-refractivity contribution is 7.12. The van der Waals surface area contributed by atoms with Crippen molar-refractivity contribution in [2.75, 3.05) is 11.4 Å². The molecule has 138 valence electrons. The third-order valence-electron chi connectivity index (χ3n) is 4.82. The number of para-hydroxylation sites is 1. The molecule has 1 amide bonds. The summed E-state index contributed by atoms with van der Waals surface area (Å²) < 4.78 is 1.54. The fourth-order valence-electron chi connectivity index (χ4n) is 3.49. The Morgan fingerprint density at radius 3 is 2.71 bits per heavy atom. The maximum atomic E-state index is 13.0. The van der Waals surface area contributed by atoms with Gasteiger partial charge in [0, 0.05) is 23.9 Å². The summed E-state index contributed by atoms with van der Waals surface area (Å²) in [6.07, 6.45) is 2.16. The van der Waals surface area contributed by atoms with E-state index in [1.807, 2.05) is 60.0 Å². The molecule has 0 aliphatic carbocycles. The second-order valence-electron chi connectivity index (χ2n) is 6.46. The molecule has 1 aliphatic rings. The van der Waals surface area contributed by atoms with E-state index in [2.05, 4.69) is 10.1 Å². The number of aromatic nitrogens is 3. The Morgan fingerprint density at radius 2 is 1.93 bits per heavy atom. The van der Waals surface area contributed by atoms with Crippen LogP contribution in [0.5, 0.6) is 5.88 Å². The van der Waals surface area contributed by atoms with Crippen LogP contribution in [0.4, 0.5) is 5.82 Å². The molecule has 0 unspecified atom stereocenters. The SMILES string of the molecule is O=C(c1cccs1)N1CCc2c(nn(-c3ccccc3)c2O)-c2cccnc21. The van der Waals surface area contributed by atoms with E-state index in [0.29, 0.717) is 29.4 Å². The van der Waals surface area contributed by atoms with Crippen molar-refractivity contribution in [3.05, 3.63) is 76.6 Å². The highest BCUT2D eigenvalue weighted by Crippen LogP contribution is 2.39. The Kier molecular flexibility index (Phi) is 3.95. The molecule has 6 nitrogen and oxygen atoms in total. The van der Waals surface area contributed by atoms with Crippen molar-refractivity contribution in [2.24, 2.45) is 0 Å². The minimum absolute atomic E-state index is 0.0875. The lowest BCUT2D eigenvalue weighted by molar-refractivity contribution is 0.0990. The highest BCUT2D eigenvalue weighted by Gasteiger charge is 2.31. The average Bonchev–Trinajstić information content (AvgIpc) is 3.34. The summed E-state index contributed by atoms with van der Waals surface area (Å²) in [6, 6.07) is 16.9. The van der Waals surface area contributed by atoms with Gasteiger partial charge in [0.2, 0.25) is 5.88 Å². The second kappa shape index (κ2) is 6.61. The van der Waals surface area contributed by atoms with Gasteiger partial charge in [-0.05, 0) is 42.1 Å². The quantitative estimate of drug-likeness (QED) is 0.565. The number of rotatable bonds is 2. The lowest BCUT2D eigenvalue weighted by Crippen LogP contribution is -2.32. The zero-order valence-corrected chi connectivity index (χ0v) is 15.6. The van der Waals surface area contributed by atoms with Crippen LogP contribution in [0.3, 0.4) is 0 Å². The van der Waals surface area contributed by atoms with Crippen molar-refractivity contribution in [1.29, 1.82) is 0 Å². The molecule has 5 rings (SSSR count). The number of hydrogen-bond donors (Lipinski definition) is 1. The predicted molar refractivity (Wildman–Crippen MR) is 108 cm³/mol. The van der Waals surface area contributed by atoms with Crippen LogP contribution in [0.1, 0.15) is 15.2 Å². The van der Waals surface area contributed by atoms with E-state index in [9.17, 15) is 9.90 Å². The van der Waals surface area contributed by atoms with Crippen LogP contribution in [0.2, 0.25) is 0 Å². The van der Waals surface area contributed by atoms with Crippen LogP contribution in [-0.4, -0.2) is 32.3 Å². The number of carbonyl (C=O) groups is 1. The topological polar surface area (TPSA) is 71.2 Å². The van der Waals surface area contributed by atoms with Gasteiger partial charge in [-0.25, -0.2) is 9.67 Å². The number of anilines is 1. The lowest BCUT2D eigenvalue weighted by atomic mass is 10.1. The molecule has 7 heteroatoms. The van der Waals surface area contributed by atoms with Crippen LogP contribution >= 0.6 is 11.3 Å². The van der Waals surface area contributed by atoms with E-state index in [1.54, 1.807) is 11.1 Å². The van der Waals surface area contributed by atoms with Gasteiger partial charge >= 0.3 is 0 Å². The Balaban J connectivity index is 1.65. The molecule has 0 fully saturated rings. The number of benzene rings is 1. The van der Waals surface area contributed by atoms with Gasteiger partial charge < -0.3 is 5.11 Å². The summed E-state index contributed by atoms with van der Waals surface area (Å²) in [4.78, 5) is 19.8. The minimum atomic E-state index is -0.0875. The minimum Gasteiger partial charge on any atom is -0.493 e. The fraction of sp³-hybridized carbons (Fsp3) is 0.0952. The van der Waals surface area contributed by atoms with Crippen molar-refractivity contribution in [1.82, 2.24) is 14.8 Å². The molecule has 0 saturated heterocycles. The van der Waals surface area contributed by atoms with Gasteiger partial charge in [-0.3, -0.25) is 9.69 Å². The maximum absolute atomic E-state index is 13.0. The van der Waals surface area contributed by atoms with Crippen LogP contribution in [-0.2, 0) is 6.42 Å². The molecule has 1 N–H and O–H groups in total. The Bertz CT molecular complexity index is 1150. The summed E-state index contributed by atoms with van der Waals surface area (Å²) in [5, 5.41) is 17.4. The summed E-state index contributed by atoms with van der Waals surface area (Å²) in [7, 11) is 0. The van der Waals surface area contributed by atoms with Gasteiger partial charge in [-0.1, -0.05) is 24.3 Å². The van der Waals surface area contributed by atoms with E-state index in [-0.39, 0.29) is 11.8 Å². The van der Waals surface area contributed by atoms with Crippen LogP contribution in [0.25, 0.3) is 16.9 Å². The fourth-order valence-corrected chi connectivity index (χ4v) is 4.17. The second-order valence-corrected chi connectivity index (χ2v) is 7.40. The van der Waals surface area contributed by atoms with Gasteiger partial charge in [0.05, 0.1) is 10.6 Å². The van der Waals surface area contributed by atoms with Crippen LogP contribution in [0.15, 0.2) is 66.2 Å². The predicted octanol–water partition coefficient (Wildman–Crippen LogP) is 3.90.